The molecule has 10 nitrogen and oxygen atoms in total. The molecule has 44 heavy (non-hydrogen) atoms. The average Bonchev–Trinajstić information content (AvgIpc) is 3.66. The van der Waals surface area contributed by atoms with E-state index >= 15 is 0 Å². The summed E-state index contributed by atoms with van der Waals surface area (Å²) < 4.78 is 13.7. The summed E-state index contributed by atoms with van der Waals surface area (Å²) in [6.45, 7) is 5.82. The smallest absolute Gasteiger partial charge is 0.304 e. The van der Waals surface area contributed by atoms with Gasteiger partial charge < -0.3 is 29.8 Å². The monoisotopic (exact) mass is 604 g/mol. The van der Waals surface area contributed by atoms with E-state index in [-0.39, 0.29) is 12.3 Å². The van der Waals surface area contributed by atoms with Crippen molar-refractivity contribution in [1.29, 1.82) is 0 Å². The lowest BCUT2D eigenvalue weighted by Crippen LogP contribution is -2.50. The van der Waals surface area contributed by atoms with Crippen LogP contribution in [0, 0.1) is 5.92 Å². The molecule has 10 heteroatoms. The van der Waals surface area contributed by atoms with Gasteiger partial charge in [0.1, 0.15) is 18.4 Å². The fourth-order valence-electron chi connectivity index (χ4n) is 6.16. The van der Waals surface area contributed by atoms with Gasteiger partial charge in [-0.05, 0) is 74.5 Å². The summed E-state index contributed by atoms with van der Waals surface area (Å²) in [4.78, 5) is 40.8. The van der Waals surface area contributed by atoms with Gasteiger partial charge in [0.25, 0.3) is 0 Å². The lowest BCUT2D eigenvalue weighted by molar-refractivity contribution is -0.141. The predicted octanol–water partition coefficient (Wildman–Crippen LogP) is 3.40. The molecule has 0 radical (unpaired) electrons. The summed E-state index contributed by atoms with van der Waals surface area (Å²) in [5.74, 6) is -1.68. The first-order chi connectivity index (χ1) is 21.5. The number of benzene rings is 2. The molecule has 1 fully saturated rings. The Morgan fingerprint density at radius 1 is 1.07 bits per heavy atom. The predicted molar refractivity (Wildman–Crippen MR) is 168 cm³/mol. The van der Waals surface area contributed by atoms with Gasteiger partial charge in [-0.3, -0.25) is 19.3 Å². The van der Waals surface area contributed by atoms with Crippen molar-refractivity contribution < 1.29 is 29.0 Å². The van der Waals surface area contributed by atoms with Gasteiger partial charge in [-0.25, -0.2) is 0 Å². The van der Waals surface area contributed by atoms with Crippen LogP contribution in [0.1, 0.15) is 43.2 Å². The second kappa shape index (κ2) is 15.7. The van der Waals surface area contributed by atoms with E-state index in [1.165, 1.54) is 12.8 Å². The molecule has 2 aliphatic rings. The Morgan fingerprint density at radius 2 is 1.86 bits per heavy atom. The highest BCUT2D eigenvalue weighted by molar-refractivity contribution is 5.91. The van der Waals surface area contributed by atoms with Crippen molar-refractivity contribution in [1.82, 2.24) is 20.1 Å². The summed E-state index contributed by atoms with van der Waals surface area (Å²) in [7, 11) is 0. The number of carbonyl (C=O) groups is 3. The largest absolute Gasteiger partial charge is 0.492 e. The Bertz CT molecular complexity index is 1400. The Hall–Kier alpha value is -3.89. The van der Waals surface area contributed by atoms with Crippen molar-refractivity contribution in [2.45, 2.75) is 57.5 Å². The van der Waals surface area contributed by atoms with E-state index in [1.54, 1.807) is 0 Å². The van der Waals surface area contributed by atoms with Gasteiger partial charge in [0.15, 0.2) is 0 Å². The molecule has 3 N–H and O–H groups in total. The molecule has 0 aliphatic carbocycles. The van der Waals surface area contributed by atoms with Crippen LogP contribution in [0.4, 0.5) is 0 Å². The third-order valence-corrected chi connectivity index (χ3v) is 8.56. The molecule has 2 bridgehead atoms. The summed E-state index contributed by atoms with van der Waals surface area (Å²) >= 11 is 0. The molecule has 3 heterocycles. The van der Waals surface area contributed by atoms with Gasteiger partial charge in [-0.2, -0.15) is 0 Å². The number of aromatic nitrogens is 1. The number of hydrogen-bond acceptors (Lipinski definition) is 6. The highest BCUT2D eigenvalue weighted by Crippen LogP contribution is 2.24. The fraction of sp³-hybridized carbons (Fsp3) is 0.500. The van der Waals surface area contributed by atoms with Gasteiger partial charge in [0.2, 0.25) is 11.8 Å². The third kappa shape index (κ3) is 8.83. The molecule has 1 saturated heterocycles. The number of amides is 2. The van der Waals surface area contributed by atoms with E-state index < -0.39 is 23.8 Å². The van der Waals surface area contributed by atoms with E-state index in [0.29, 0.717) is 58.6 Å². The number of nitrogens with zero attached hydrogens (tertiary/aromatic N) is 2. The molecule has 1 aromatic heterocycles. The van der Waals surface area contributed by atoms with Gasteiger partial charge in [-0.15, -0.1) is 0 Å². The van der Waals surface area contributed by atoms with Crippen molar-refractivity contribution >= 4 is 28.7 Å². The minimum absolute atomic E-state index is 0.295. The molecule has 5 rings (SSSR count). The van der Waals surface area contributed by atoms with Crippen LogP contribution in [0.2, 0.25) is 0 Å². The topological polar surface area (TPSA) is 122 Å². The average molecular weight is 605 g/mol. The minimum atomic E-state index is -1.04. The number of aliphatic carboxylic acids is 1. The molecule has 0 saturated carbocycles. The molecule has 2 amide bonds. The maximum absolute atomic E-state index is 13.5. The van der Waals surface area contributed by atoms with Crippen molar-refractivity contribution in [2.24, 2.45) is 5.92 Å². The Morgan fingerprint density at radius 3 is 2.66 bits per heavy atom. The highest BCUT2D eigenvalue weighted by Gasteiger charge is 2.28. The Balaban J connectivity index is 1.18. The van der Waals surface area contributed by atoms with Gasteiger partial charge in [-0.1, -0.05) is 30.3 Å². The van der Waals surface area contributed by atoms with Crippen LogP contribution in [0.25, 0.3) is 10.9 Å². The van der Waals surface area contributed by atoms with E-state index in [2.05, 4.69) is 20.1 Å². The van der Waals surface area contributed by atoms with Crippen LogP contribution >= 0.6 is 0 Å². The number of carboxylic acid groups (broad SMARTS) is 1. The molecule has 2 aromatic carbocycles. The molecule has 2 atom stereocenters. The third-order valence-electron chi connectivity index (χ3n) is 8.56. The summed E-state index contributed by atoms with van der Waals surface area (Å²) in [6, 6.07) is 15.1. The Kier molecular flexibility index (Phi) is 11.3. The second-order valence-corrected chi connectivity index (χ2v) is 11.8. The fourth-order valence-corrected chi connectivity index (χ4v) is 6.16. The summed E-state index contributed by atoms with van der Waals surface area (Å²) in [6.07, 6.45) is 6.30. The molecule has 2 aliphatic heterocycles. The van der Waals surface area contributed by atoms with Gasteiger partial charge >= 0.3 is 5.97 Å². The highest BCUT2D eigenvalue weighted by atomic mass is 16.5. The number of ether oxygens (including phenoxy) is 2. The van der Waals surface area contributed by atoms with Crippen LogP contribution in [0.3, 0.4) is 0 Å². The maximum atomic E-state index is 13.5. The maximum Gasteiger partial charge on any atom is 0.304 e. The van der Waals surface area contributed by atoms with E-state index in [0.717, 1.165) is 47.4 Å². The van der Waals surface area contributed by atoms with Gasteiger partial charge in [0.05, 0.1) is 19.6 Å². The number of rotatable bonds is 12. The molecule has 236 valence electrons. The molecule has 0 spiro atoms. The summed E-state index contributed by atoms with van der Waals surface area (Å²) in [5.41, 5.74) is 3.09. The zero-order valence-electron chi connectivity index (χ0n) is 25.3. The number of hydrogen-bond donors (Lipinski definition) is 3. The number of carbonyl (C=O) groups excluding carboxylic acids is 2. The quantitative estimate of drug-likeness (QED) is 0.290. The van der Waals surface area contributed by atoms with Crippen LogP contribution in [-0.2, 0) is 38.5 Å². The van der Waals surface area contributed by atoms with E-state index in [4.69, 9.17) is 9.47 Å². The lowest BCUT2D eigenvalue weighted by atomic mass is 9.94. The molecular formula is C34H44N4O6. The lowest BCUT2D eigenvalue weighted by Gasteiger charge is -2.22. The standard InChI is InChI=1S/C34H44N4O6/c39-32(40)23-26(7-5-6-25-10-12-28(13-11-25)44-21-17-37-15-3-4-16-37)33(41)36-30-22-27-24-38(31-9-2-1-8-29(27)31)18-20-43-19-14-35-34(30)42/h1-2,8-13,24,26,30H,3-7,14-23H2,(H,35,42)(H,36,41)(H,39,40)/t26-,30+/m1/s1. The van der Waals surface area contributed by atoms with Crippen LogP contribution in [0.15, 0.2) is 54.7 Å². The second-order valence-electron chi connectivity index (χ2n) is 11.8. The first kappa shape index (κ1) is 31.5. The van der Waals surface area contributed by atoms with Crippen molar-refractivity contribution in [3.63, 3.8) is 0 Å². The number of aryl methyl sites for hydroxylation is 1. The molecule has 0 unspecified atom stereocenters. The minimum Gasteiger partial charge on any atom is -0.492 e. The zero-order valence-corrected chi connectivity index (χ0v) is 25.3. The molecular weight excluding hydrogens is 560 g/mol. The first-order valence-corrected chi connectivity index (χ1v) is 15.8. The Labute approximate surface area is 258 Å². The SMILES string of the molecule is O=C(O)C[C@@H](CCCc1ccc(OCCN2CCCC2)cc1)C(=O)N[C@H]1Cc2cn(c3ccccc23)CCOCCNC1=O. The number of carboxylic acids is 1. The van der Waals surface area contributed by atoms with Crippen molar-refractivity contribution in [2.75, 3.05) is 46.0 Å². The number of fused-ring (bicyclic) bond motifs is 5. The van der Waals surface area contributed by atoms with Crippen molar-refractivity contribution in [3.05, 3.63) is 65.9 Å². The normalized spacial score (nSPS) is 18.6. The number of likely N-dealkylation sites (tertiary alicyclic amines) is 1. The van der Waals surface area contributed by atoms with E-state index in [1.807, 2.05) is 54.7 Å². The molecule has 3 aromatic rings. The van der Waals surface area contributed by atoms with Crippen LogP contribution < -0.4 is 15.4 Å². The van der Waals surface area contributed by atoms with Crippen molar-refractivity contribution in [3.8, 4) is 5.75 Å². The van der Waals surface area contributed by atoms with Crippen LogP contribution in [-0.4, -0.2) is 84.4 Å². The zero-order chi connectivity index (χ0) is 30.7. The van der Waals surface area contributed by atoms with E-state index in [9.17, 15) is 19.5 Å². The van der Waals surface area contributed by atoms with Crippen LogP contribution in [0.5, 0.6) is 5.75 Å². The number of nitrogens with one attached hydrogen (secondary N) is 2. The van der Waals surface area contributed by atoms with Gasteiger partial charge in [0, 0.05) is 49.1 Å². The number of para-hydroxylation sites is 1. The summed E-state index contributed by atoms with van der Waals surface area (Å²) in [5, 5.41) is 16.4. The first-order valence-electron chi connectivity index (χ1n) is 15.8.